The number of nitrogens with zero attached hydrogens (tertiary/aromatic N) is 3. The molecule has 0 spiro atoms. The van der Waals surface area contributed by atoms with Crippen LogP contribution in [-0.2, 0) is 23.5 Å². The molecule has 2 fully saturated rings. The van der Waals surface area contributed by atoms with Crippen LogP contribution in [-0.4, -0.2) is 72.3 Å². The summed E-state index contributed by atoms with van der Waals surface area (Å²) in [6.45, 7) is 6.06. The minimum Gasteiger partial charge on any atom is -0.456 e. The van der Waals surface area contributed by atoms with Crippen molar-refractivity contribution in [3.05, 3.63) is 92.7 Å². The molecular weight excluding hydrogens is 612 g/mol. The monoisotopic (exact) mass is 650 g/mol. The Balaban J connectivity index is 1.39. The Hall–Kier alpha value is -3.42. The van der Waals surface area contributed by atoms with Gasteiger partial charge in [-0.25, -0.2) is 0 Å². The number of halogens is 6. The minimum absolute atomic E-state index is 0.101. The van der Waals surface area contributed by atoms with Crippen molar-refractivity contribution in [3.8, 4) is 0 Å². The number of rotatable bonds is 5. The van der Waals surface area contributed by atoms with Crippen LogP contribution in [0.4, 0.5) is 26.3 Å². The third-order valence-electron chi connectivity index (χ3n) is 9.46. The summed E-state index contributed by atoms with van der Waals surface area (Å²) in [4.78, 5) is 19.3. The Morgan fingerprint density at radius 1 is 0.913 bits per heavy atom. The topological polar surface area (TPSA) is 59.9 Å². The van der Waals surface area contributed by atoms with Crippen LogP contribution in [0.2, 0.25) is 0 Å². The van der Waals surface area contributed by atoms with E-state index in [4.69, 9.17) is 4.74 Å². The Labute approximate surface area is 263 Å². The first-order valence-electron chi connectivity index (χ1n) is 15.7. The molecule has 2 aromatic carbocycles. The van der Waals surface area contributed by atoms with E-state index in [1.165, 1.54) is 12.8 Å². The molecule has 0 radical (unpaired) electrons. The van der Waals surface area contributed by atoms with Gasteiger partial charge in [0.25, 0.3) is 5.70 Å². The van der Waals surface area contributed by atoms with Gasteiger partial charge in [-0.3, -0.25) is 10.2 Å². The van der Waals surface area contributed by atoms with E-state index < -0.39 is 42.2 Å². The summed E-state index contributed by atoms with van der Waals surface area (Å²) in [5.74, 6) is 0.319. The molecular formula is C33H38F6N5O2+. The number of ether oxygens (including phenoxy) is 1. The van der Waals surface area contributed by atoms with Gasteiger partial charge in [-0.2, -0.15) is 26.3 Å². The quantitative estimate of drug-likeness (QED) is 0.304. The zero-order valence-corrected chi connectivity index (χ0v) is 25.6. The van der Waals surface area contributed by atoms with Crippen molar-refractivity contribution in [3.63, 3.8) is 0 Å². The molecule has 248 valence electrons. The average Bonchev–Trinajstić information content (AvgIpc) is 3.56. The predicted octanol–water partition coefficient (Wildman–Crippen LogP) is 6.04. The van der Waals surface area contributed by atoms with Gasteiger partial charge in [-0.05, 0) is 81.1 Å². The van der Waals surface area contributed by atoms with Gasteiger partial charge in [0.2, 0.25) is 6.04 Å². The van der Waals surface area contributed by atoms with Gasteiger partial charge in [-0.1, -0.05) is 18.2 Å². The zero-order valence-electron chi connectivity index (χ0n) is 25.6. The van der Waals surface area contributed by atoms with E-state index in [9.17, 15) is 31.2 Å². The minimum atomic E-state index is -5.00. The summed E-state index contributed by atoms with van der Waals surface area (Å²) in [5.41, 5.74) is -0.984. The van der Waals surface area contributed by atoms with E-state index >= 15 is 0 Å². The Bertz CT molecular complexity index is 1470. The molecule has 7 nitrogen and oxygen atoms in total. The van der Waals surface area contributed by atoms with Crippen LogP contribution in [0.15, 0.2) is 60.0 Å². The van der Waals surface area contributed by atoms with Crippen molar-refractivity contribution in [1.82, 2.24) is 20.4 Å². The lowest BCUT2D eigenvalue weighted by Crippen LogP contribution is -2.51. The maximum Gasteiger partial charge on any atom is 0.416 e. The Kier molecular flexibility index (Phi) is 9.19. The average molecular weight is 651 g/mol. The van der Waals surface area contributed by atoms with Crippen LogP contribution in [0.3, 0.4) is 0 Å². The van der Waals surface area contributed by atoms with Gasteiger partial charge in [-0.15, -0.1) is 0 Å². The van der Waals surface area contributed by atoms with Gasteiger partial charge >= 0.3 is 12.4 Å². The molecule has 0 aromatic heterocycles. The van der Waals surface area contributed by atoms with Crippen molar-refractivity contribution in [1.29, 1.82) is 0 Å². The fourth-order valence-corrected chi connectivity index (χ4v) is 7.02. The molecule has 2 atom stereocenters. The highest BCUT2D eigenvalue weighted by atomic mass is 19.4. The number of aryl methyl sites for hydroxylation is 1. The Morgan fingerprint density at radius 3 is 2.20 bits per heavy atom. The van der Waals surface area contributed by atoms with E-state index in [0.717, 1.165) is 49.3 Å². The molecule has 0 bridgehead atoms. The second-order valence-corrected chi connectivity index (χ2v) is 12.5. The normalized spacial score (nSPS) is 24.2. The van der Waals surface area contributed by atoms with Gasteiger partial charge in [0.15, 0.2) is 12.1 Å². The number of hydrogen-bond donors (Lipinski definition) is 2. The summed E-state index contributed by atoms with van der Waals surface area (Å²) in [6, 6.07) is 8.09. The van der Waals surface area contributed by atoms with E-state index in [0.29, 0.717) is 41.9 Å². The van der Waals surface area contributed by atoms with Gasteiger partial charge in [0, 0.05) is 47.8 Å². The third-order valence-corrected chi connectivity index (χ3v) is 9.46. The summed E-state index contributed by atoms with van der Waals surface area (Å²) in [5, 5.41) is 6.27. The second kappa shape index (κ2) is 13.0. The first kappa shape index (κ1) is 32.5. The van der Waals surface area contributed by atoms with Crippen LogP contribution < -0.4 is 10.6 Å². The molecule has 6 rings (SSSR count). The number of piperidine rings is 1. The summed E-state index contributed by atoms with van der Waals surface area (Å²) in [6.07, 6.45) is -4.95. The van der Waals surface area contributed by atoms with Crippen LogP contribution in [0.1, 0.15) is 53.5 Å². The molecule has 0 aliphatic carbocycles. The third kappa shape index (κ3) is 6.96. The number of benzene rings is 2. The van der Waals surface area contributed by atoms with Gasteiger partial charge < -0.3 is 15.0 Å². The smallest absolute Gasteiger partial charge is 0.416 e. The second-order valence-electron chi connectivity index (χ2n) is 12.5. The summed E-state index contributed by atoms with van der Waals surface area (Å²) < 4.78 is 89.7. The molecule has 2 unspecified atom stereocenters. The highest BCUT2D eigenvalue weighted by Crippen LogP contribution is 2.38. The highest BCUT2D eigenvalue weighted by molar-refractivity contribution is 5.62. The standard InChI is InChI=1S/C33H38F6N5O2/c1-21-6-2-3-7-26(21)29-18-30(43-12-8-25(9-13-43)42-10-4-5-11-42)46-31-27(19-40-20-41-31)28(44(29)45)16-22-14-23(32(34,35)36)17-24(15-22)33(37,38)39/h2-3,6-7,14-15,17-18,25,28,30,40-41H,4-5,8-13,16,19-20H2,1H3/q+1. The van der Waals surface area contributed by atoms with Gasteiger partial charge in [0.05, 0.1) is 28.9 Å². The predicted molar refractivity (Wildman–Crippen MR) is 160 cm³/mol. The highest BCUT2D eigenvalue weighted by Gasteiger charge is 2.44. The first-order chi connectivity index (χ1) is 21.9. The number of nitrogens with one attached hydrogen (secondary N) is 2. The van der Waals surface area contributed by atoms with Crippen molar-refractivity contribution in [2.75, 3.05) is 39.4 Å². The Morgan fingerprint density at radius 2 is 1.57 bits per heavy atom. The molecule has 2 N–H and O–H groups in total. The fraction of sp³-hybridized carbons (Fsp3) is 0.515. The van der Waals surface area contributed by atoms with Crippen molar-refractivity contribution >= 4 is 5.70 Å². The zero-order chi connectivity index (χ0) is 32.6. The largest absolute Gasteiger partial charge is 0.456 e. The molecule has 2 saturated heterocycles. The lowest BCUT2D eigenvalue weighted by atomic mass is 9.93. The molecule has 4 aliphatic rings. The van der Waals surface area contributed by atoms with Crippen molar-refractivity contribution in [2.24, 2.45) is 0 Å². The van der Waals surface area contributed by atoms with Gasteiger partial charge in [0.1, 0.15) is 0 Å². The molecule has 0 amide bonds. The molecule has 46 heavy (non-hydrogen) atoms. The lowest BCUT2D eigenvalue weighted by molar-refractivity contribution is -0.489. The number of nitroso groups, excluding NO2 is 1. The first-order valence-corrected chi connectivity index (χ1v) is 15.7. The van der Waals surface area contributed by atoms with E-state index in [2.05, 4.69) is 20.4 Å². The lowest BCUT2D eigenvalue weighted by Gasteiger charge is -2.40. The van der Waals surface area contributed by atoms with Crippen LogP contribution in [0.25, 0.3) is 5.70 Å². The molecule has 4 aliphatic heterocycles. The van der Waals surface area contributed by atoms with Crippen molar-refractivity contribution < 1.29 is 35.8 Å². The number of hydrogen-bond acceptors (Lipinski definition) is 6. The maximum absolute atomic E-state index is 14.6. The van der Waals surface area contributed by atoms with Crippen LogP contribution in [0, 0.1) is 11.8 Å². The van der Waals surface area contributed by atoms with E-state index in [1.807, 2.05) is 19.1 Å². The number of alkyl halides is 6. The van der Waals surface area contributed by atoms with E-state index in [-0.39, 0.29) is 23.9 Å². The van der Waals surface area contributed by atoms with E-state index in [1.54, 1.807) is 18.2 Å². The molecule has 2 aromatic rings. The summed E-state index contributed by atoms with van der Waals surface area (Å²) in [7, 11) is 0. The molecule has 0 saturated carbocycles. The fourth-order valence-electron chi connectivity index (χ4n) is 7.02. The molecule has 4 heterocycles. The van der Waals surface area contributed by atoms with Crippen molar-refractivity contribution in [2.45, 2.75) is 69.7 Å². The number of likely N-dealkylation sites (tertiary alicyclic amines) is 2. The van der Waals surface area contributed by atoms with Crippen LogP contribution >= 0.6 is 0 Å². The summed E-state index contributed by atoms with van der Waals surface area (Å²) >= 11 is 0. The molecule has 13 heteroatoms. The van der Waals surface area contributed by atoms with Crippen LogP contribution in [0.5, 0.6) is 0 Å². The SMILES string of the molecule is Cc1ccccc1C1=CC(N2CCC(N3CCCC3)CC2)OC2=C(CNCN2)C(Cc2cc(C(F)(F)F)cc(C(F)(F)F)c2)[N+]1=O. The maximum atomic E-state index is 14.6.